The summed E-state index contributed by atoms with van der Waals surface area (Å²) in [6, 6.07) is 0.589. The second kappa shape index (κ2) is 7.22. The van der Waals surface area contributed by atoms with Crippen LogP contribution in [0.5, 0.6) is 0 Å². The van der Waals surface area contributed by atoms with Crippen LogP contribution in [-0.4, -0.2) is 55.7 Å². The van der Waals surface area contributed by atoms with Crippen LogP contribution in [0.15, 0.2) is 0 Å². The molecule has 0 aromatic carbocycles. The molecule has 2 aliphatic rings. The molecule has 0 bridgehead atoms. The molecule has 5 nitrogen and oxygen atoms in total. The number of rotatable bonds is 4. The Kier molecular flexibility index (Phi) is 5.60. The molecule has 1 saturated heterocycles. The van der Waals surface area contributed by atoms with Gasteiger partial charge in [-0.05, 0) is 26.2 Å². The molecule has 3 N–H and O–H groups in total. The van der Waals surface area contributed by atoms with Gasteiger partial charge in [-0.1, -0.05) is 6.42 Å². The Balaban J connectivity index is 1.70. The Morgan fingerprint density at radius 2 is 2.16 bits per heavy atom. The molecule has 1 aliphatic carbocycles. The number of ether oxygens (including phenoxy) is 1. The zero-order valence-corrected chi connectivity index (χ0v) is 11.9. The molecule has 2 fully saturated rings. The molecule has 0 aromatic heterocycles. The van der Waals surface area contributed by atoms with Crippen LogP contribution in [0.3, 0.4) is 0 Å². The van der Waals surface area contributed by atoms with Gasteiger partial charge in [-0.15, -0.1) is 0 Å². The molecule has 5 heteroatoms. The maximum Gasteiger partial charge on any atom is 0.223 e. The van der Waals surface area contributed by atoms with E-state index in [2.05, 4.69) is 17.1 Å². The van der Waals surface area contributed by atoms with Gasteiger partial charge in [-0.2, -0.15) is 0 Å². The minimum atomic E-state index is 0.126. The van der Waals surface area contributed by atoms with Crippen molar-refractivity contribution in [3.63, 3.8) is 0 Å². The van der Waals surface area contributed by atoms with Gasteiger partial charge in [0.15, 0.2) is 0 Å². The smallest absolute Gasteiger partial charge is 0.223 e. The predicted octanol–water partition coefficient (Wildman–Crippen LogP) is 0.341. The summed E-state index contributed by atoms with van der Waals surface area (Å²) in [6.45, 7) is 6.42. The largest absolute Gasteiger partial charge is 0.379 e. The van der Waals surface area contributed by atoms with Gasteiger partial charge in [-0.25, -0.2) is 0 Å². The molecular weight excluding hydrogens is 242 g/mol. The number of hydrogen-bond acceptors (Lipinski definition) is 4. The molecule has 1 saturated carbocycles. The summed E-state index contributed by atoms with van der Waals surface area (Å²) >= 11 is 0. The highest BCUT2D eigenvalue weighted by Gasteiger charge is 2.26. The number of nitrogens with zero attached hydrogens (tertiary/aromatic N) is 1. The van der Waals surface area contributed by atoms with E-state index in [0.29, 0.717) is 6.04 Å². The van der Waals surface area contributed by atoms with Gasteiger partial charge in [0.05, 0.1) is 13.2 Å². The Hall–Kier alpha value is -0.650. The predicted molar refractivity (Wildman–Crippen MR) is 74.8 cm³/mol. The summed E-state index contributed by atoms with van der Waals surface area (Å²) in [5.74, 6) is 0.316. The lowest BCUT2D eigenvalue weighted by Crippen LogP contribution is -2.48. The van der Waals surface area contributed by atoms with Crippen LogP contribution >= 0.6 is 0 Å². The molecule has 0 radical (unpaired) electrons. The van der Waals surface area contributed by atoms with Crippen molar-refractivity contribution in [1.29, 1.82) is 0 Å². The van der Waals surface area contributed by atoms with E-state index in [0.717, 1.165) is 58.5 Å². The number of amides is 1. The van der Waals surface area contributed by atoms with Gasteiger partial charge in [0.2, 0.25) is 5.91 Å². The van der Waals surface area contributed by atoms with Gasteiger partial charge < -0.3 is 15.8 Å². The molecule has 0 spiro atoms. The second-order valence-electron chi connectivity index (χ2n) is 5.87. The zero-order valence-electron chi connectivity index (χ0n) is 11.9. The maximum absolute atomic E-state index is 12.1. The summed E-state index contributed by atoms with van der Waals surface area (Å²) in [6.07, 6.45) is 3.98. The number of nitrogens with two attached hydrogens (primary N) is 1. The number of carbonyl (C=O) groups is 1. The Morgan fingerprint density at radius 1 is 1.42 bits per heavy atom. The highest BCUT2D eigenvalue weighted by atomic mass is 16.5. The first kappa shape index (κ1) is 14.8. The van der Waals surface area contributed by atoms with Crippen molar-refractivity contribution >= 4 is 5.91 Å². The molecule has 1 aliphatic heterocycles. The molecule has 110 valence electrons. The first-order chi connectivity index (χ1) is 9.16. The summed E-state index contributed by atoms with van der Waals surface area (Å²) in [7, 11) is 0. The van der Waals surface area contributed by atoms with Crippen molar-refractivity contribution in [3.05, 3.63) is 0 Å². The quantitative estimate of drug-likeness (QED) is 0.772. The van der Waals surface area contributed by atoms with E-state index in [1.165, 1.54) is 0 Å². The van der Waals surface area contributed by atoms with Crippen LogP contribution in [-0.2, 0) is 9.53 Å². The van der Waals surface area contributed by atoms with Crippen molar-refractivity contribution in [2.45, 2.75) is 44.7 Å². The Morgan fingerprint density at radius 3 is 2.84 bits per heavy atom. The lowest BCUT2D eigenvalue weighted by Gasteiger charge is -2.33. The lowest BCUT2D eigenvalue weighted by molar-refractivity contribution is -0.126. The molecule has 0 aromatic rings. The normalized spacial score (nSPS) is 30.8. The molecule has 1 heterocycles. The van der Waals surface area contributed by atoms with Crippen LogP contribution in [0.25, 0.3) is 0 Å². The fourth-order valence-corrected chi connectivity index (χ4v) is 3.01. The average molecular weight is 269 g/mol. The van der Waals surface area contributed by atoms with Gasteiger partial charge in [0.1, 0.15) is 0 Å². The van der Waals surface area contributed by atoms with Crippen LogP contribution in [0.2, 0.25) is 0 Å². The van der Waals surface area contributed by atoms with E-state index in [9.17, 15) is 4.79 Å². The highest BCUT2D eigenvalue weighted by Crippen LogP contribution is 2.23. The van der Waals surface area contributed by atoms with E-state index in [-0.39, 0.29) is 17.9 Å². The minimum Gasteiger partial charge on any atom is -0.379 e. The van der Waals surface area contributed by atoms with Crippen molar-refractivity contribution < 1.29 is 9.53 Å². The minimum absolute atomic E-state index is 0.126. The first-order valence-corrected chi connectivity index (χ1v) is 7.52. The first-order valence-electron chi connectivity index (χ1n) is 7.52. The van der Waals surface area contributed by atoms with Crippen molar-refractivity contribution in [1.82, 2.24) is 10.2 Å². The average Bonchev–Trinajstić information content (AvgIpc) is 2.45. The third-order valence-electron chi connectivity index (χ3n) is 4.33. The van der Waals surface area contributed by atoms with E-state index in [4.69, 9.17) is 10.5 Å². The lowest BCUT2D eigenvalue weighted by atomic mass is 9.85. The summed E-state index contributed by atoms with van der Waals surface area (Å²) in [4.78, 5) is 14.5. The van der Waals surface area contributed by atoms with E-state index in [1.807, 2.05) is 0 Å². The van der Waals surface area contributed by atoms with E-state index >= 15 is 0 Å². The van der Waals surface area contributed by atoms with E-state index < -0.39 is 0 Å². The van der Waals surface area contributed by atoms with Crippen LogP contribution < -0.4 is 11.1 Å². The second-order valence-corrected chi connectivity index (χ2v) is 5.87. The van der Waals surface area contributed by atoms with Crippen molar-refractivity contribution in [2.24, 2.45) is 11.7 Å². The zero-order chi connectivity index (χ0) is 13.7. The fraction of sp³-hybridized carbons (Fsp3) is 0.929. The van der Waals surface area contributed by atoms with Crippen LogP contribution in [0.1, 0.15) is 32.6 Å². The number of hydrogen-bond donors (Lipinski definition) is 2. The van der Waals surface area contributed by atoms with E-state index in [1.54, 1.807) is 0 Å². The third kappa shape index (κ3) is 4.44. The third-order valence-corrected chi connectivity index (χ3v) is 4.33. The number of carbonyl (C=O) groups excluding carboxylic acids is 1. The van der Waals surface area contributed by atoms with Gasteiger partial charge >= 0.3 is 0 Å². The van der Waals surface area contributed by atoms with Gasteiger partial charge in [0, 0.05) is 37.6 Å². The molecular formula is C14H27N3O2. The standard InChI is InChI=1S/C14H27N3O2/c1-11(17-5-7-19-8-6-17)10-16-14(18)12-3-2-4-13(15)9-12/h11-13H,2-10,15H2,1H3,(H,16,18). The molecule has 1 amide bonds. The number of nitrogens with one attached hydrogen (secondary N) is 1. The van der Waals surface area contributed by atoms with Gasteiger partial charge in [0.25, 0.3) is 0 Å². The maximum atomic E-state index is 12.1. The Labute approximate surface area is 115 Å². The topological polar surface area (TPSA) is 67.6 Å². The van der Waals surface area contributed by atoms with Crippen molar-refractivity contribution in [3.8, 4) is 0 Å². The monoisotopic (exact) mass is 269 g/mol. The molecule has 19 heavy (non-hydrogen) atoms. The highest BCUT2D eigenvalue weighted by molar-refractivity contribution is 5.78. The summed E-state index contributed by atoms with van der Waals surface area (Å²) < 4.78 is 5.34. The molecule has 2 rings (SSSR count). The SMILES string of the molecule is CC(CNC(=O)C1CCCC(N)C1)N1CCOCC1. The molecule has 3 atom stereocenters. The van der Waals surface area contributed by atoms with Crippen LogP contribution in [0.4, 0.5) is 0 Å². The van der Waals surface area contributed by atoms with Crippen LogP contribution in [0, 0.1) is 5.92 Å². The van der Waals surface area contributed by atoms with Crippen molar-refractivity contribution in [2.75, 3.05) is 32.8 Å². The fourth-order valence-electron chi connectivity index (χ4n) is 3.01. The summed E-state index contributed by atoms with van der Waals surface area (Å²) in [5, 5.41) is 3.09. The molecule has 3 unspecified atom stereocenters. The number of morpholine rings is 1. The summed E-state index contributed by atoms with van der Waals surface area (Å²) in [5.41, 5.74) is 5.93. The van der Waals surface area contributed by atoms with Gasteiger partial charge in [-0.3, -0.25) is 9.69 Å². The Bertz CT molecular complexity index is 292.